The number of carbonyl (C=O) groups is 2. The lowest BCUT2D eigenvalue weighted by atomic mass is 9.97. The Kier molecular flexibility index (Phi) is 3.65. The molecule has 0 radical (unpaired) electrons. The molecule has 0 fully saturated rings. The Morgan fingerprint density at radius 2 is 2.00 bits per heavy atom. The number of hydrogen-bond acceptors (Lipinski definition) is 5. The minimum Gasteiger partial charge on any atom is -0.503 e. The molecule has 1 heterocycles. The van der Waals surface area contributed by atoms with Gasteiger partial charge in [-0.2, -0.15) is 0 Å². The van der Waals surface area contributed by atoms with Crippen LogP contribution in [0, 0.1) is 0 Å². The second kappa shape index (κ2) is 5.24. The molecule has 1 aliphatic heterocycles. The van der Waals surface area contributed by atoms with Gasteiger partial charge < -0.3 is 19.9 Å². The summed E-state index contributed by atoms with van der Waals surface area (Å²) in [5.74, 6) is -0.530. The fourth-order valence-electron chi connectivity index (χ4n) is 2.19. The first-order chi connectivity index (χ1) is 9.49. The fourth-order valence-corrected chi connectivity index (χ4v) is 2.19. The van der Waals surface area contributed by atoms with E-state index in [1.807, 2.05) is 0 Å². The normalized spacial score (nSPS) is 17.9. The SMILES string of the molecule is COc1ccc([C@H]2NC(=O)C(O)=C2C(C)=O)c(OC)c1. The topological polar surface area (TPSA) is 84.9 Å². The summed E-state index contributed by atoms with van der Waals surface area (Å²) in [6.45, 7) is 1.30. The number of Topliss-reactive ketones (excluding diaryl/α,β-unsaturated/α-hetero) is 1. The summed E-state index contributed by atoms with van der Waals surface area (Å²) in [5.41, 5.74) is 0.620. The van der Waals surface area contributed by atoms with E-state index in [1.54, 1.807) is 18.2 Å². The van der Waals surface area contributed by atoms with Gasteiger partial charge in [-0.25, -0.2) is 0 Å². The Bertz CT molecular complexity index is 606. The fraction of sp³-hybridized carbons (Fsp3) is 0.286. The molecule has 1 atom stereocenters. The van der Waals surface area contributed by atoms with Gasteiger partial charge >= 0.3 is 0 Å². The van der Waals surface area contributed by atoms with Gasteiger partial charge in [0.25, 0.3) is 5.91 Å². The van der Waals surface area contributed by atoms with Crippen molar-refractivity contribution in [2.45, 2.75) is 13.0 Å². The van der Waals surface area contributed by atoms with E-state index in [1.165, 1.54) is 21.1 Å². The number of amides is 1. The zero-order chi connectivity index (χ0) is 14.9. The maximum atomic E-state index is 11.6. The molecule has 0 saturated heterocycles. The number of ether oxygens (including phenoxy) is 2. The molecule has 1 aromatic carbocycles. The van der Waals surface area contributed by atoms with Gasteiger partial charge in [0.2, 0.25) is 0 Å². The molecular formula is C14H15NO5. The highest BCUT2D eigenvalue weighted by atomic mass is 16.5. The number of benzene rings is 1. The Hall–Kier alpha value is -2.50. The van der Waals surface area contributed by atoms with E-state index in [0.29, 0.717) is 17.1 Å². The number of nitrogens with one attached hydrogen (secondary N) is 1. The third-order valence-electron chi connectivity index (χ3n) is 3.17. The highest BCUT2D eigenvalue weighted by Gasteiger charge is 2.36. The molecule has 6 heteroatoms. The summed E-state index contributed by atoms with van der Waals surface area (Å²) >= 11 is 0. The lowest BCUT2D eigenvalue weighted by Crippen LogP contribution is -2.23. The molecule has 0 aliphatic carbocycles. The lowest BCUT2D eigenvalue weighted by molar-refractivity contribution is -0.119. The van der Waals surface area contributed by atoms with Crippen LogP contribution in [0.4, 0.5) is 0 Å². The Balaban J connectivity index is 2.52. The van der Waals surface area contributed by atoms with E-state index in [0.717, 1.165) is 0 Å². The van der Waals surface area contributed by atoms with Crippen LogP contribution in [0.1, 0.15) is 18.5 Å². The van der Waals surface area contributed by atoms with E-state index >= 15 is 0 Å². The van der Waals surface area contributed by atoms with Crippen LogP contribution in [0.3, 0.4) is 0 Å². The van der Waals surface area contributed by atoms with Crippen molar-refractivity contribution in [2.24, 2.45) is 0 Å². The first-order valence-corrected chi connectivity index (χ1v) is 5.96. The van der Waals surface area contributed by atoms with Crippen LogP contribution in [-0.4, -0.2) is 31.0 Å². The van der Waals surface area contributed by atoms with Gasteiger partial charge in [0.15, 0.2) is 11.5 Å². The summed E-state index contributed by atoms with van der Waals surface area (Å²) in [5, 5.41) is 12.3. The summed E-state index contributed by atoms with van der Waals surface area (Å²) in [6.07, 6.45) is 0. The van der Waals surface area contributed by atoms with Gasteiger partial charge in [-0.15, -0.1) is 0 Å². The molecule has 2 N–H and O–H groups in total. The van der Waals surface area contributed by atoms with E-state index in [-0.39, 0.29) is 11.4 Å². The number of aliphatic hydroxyl groups excluding tert-OH is 1. The van der Waals surface area contributed by atoms with Crippen molar-refractivity contribution in [1.82, 2.24) is 5.32 Å². The molecule has 0 spiro atoms. The largest absolute Gasteiger partial charge is 0.503 e. The van der Waals surface area contributed by atoms with Crippen molar-refractivity contribution >= 4 is 11.7 Å². The lowest BCUT2D eigenvalue weighted by Gasteiger charge is -2.17. The van der Waals surface area contributed by atoms with Crippen molar-refractivity contribution in [3.05, 3.63) is 35.1 Å². The van der Waals surface area contributed by atoms with Crippen LogP contribution in [-0.2, 0) is 9.59 Å². The average Bonchev–Trinajstić information content (AvgIpc) is 2.74. The highest BCUT2D eigenvalue weighted by molar-refractivity contribution is 6.08. The van der Waals surface area contributed by atoms with Crippen LogP contribution < -0.4 is 14.8 Å². The maximum absolute atomic E-state index is 11.6. The Morgan fingerprint density at radius 3 is 2.55 bits per heavy atom. The monoisotopic (exact) mass is 277 g/mol. The number of aliphatic hydroxyl groups is 1. The molecule has 0 bridgehead atoms. The zero-order valence-corrected chi connectivity index (χ0v) is 11.4. The van der Waals surface area contributed by atoms with Crippen LogP contribution in [0.5, 0.6) is 11.5 Å². The van der Waals surface area contributed by atoms with E-state index < -0.39 is 17.7 Å². The van der Waals surface area contributed by atoms with Crippen molar-refractivity contribution in [2.75, 3.05) is 14.2 Å². The summed E-state index contributed by atoms with van der Waals surface area (Å²) in [4.78, 5) is 23.2. The Morgan fingerprint density at radius 1 is 1.30 bits per heavy atom. The summed E-state index contributed by atoms with van der Waals surface area (Å²) in [6, 6.07) is 4.30. The van der Waals surface area contributed by atoms with Crippen LogP contribution >= 0.6 is 0 Å². The first kappa shape index (κ1) is 13.9. The first-order valence-electron chi connectivity index (χ1n) is 5.96. The van der Waals surface area contributed by atoms with Gasteiger partial charge in [0.1, 0.15) is 11.5 Å². The minimum absolute atomic E-state index is 0.0402. The van der Waals surface area contributed by atoms with Crippen molar-refractivity contribution in [1.29, 1.82) is 0 Å². The molecule has 20 heavy (non-hydrogen) atoms. The number of hydrogen-bond donors (Lipinski definition) is 2. The molecule has 6 nitrogen and oxygen atoms in total. The molecule has 2 rings (SSSR count). The second-order valence-electron chi connectivity index (χ2n) is 4.33. The summed E-state index contributed by atoms with van der Waals surface area (Å²) in [7, 11) is 3.00. The molecule has 0 unspecified atom stereocenters. The minimum atomic E-state index is -0.721. The number of ketones is 1. The molecule has 1 aromatic rings. The third kappa shape index (κ3) is 2.20. The smallest absolute Gasteiger partial charge is 0.287 e. The molecule has 1 amide bonds. The van der Waals surface area contributed by atoms with Crippen molar-refractivity contribution in [3.63, 3.8) is 0 Å². The predicted octanol–water partition coefficient (Wildman–Crippen LogP) is 1.28. The molecule has 1 aliphatic rings. The molecule has 0 aromatic heterocycles. The summed E-state index contributed by atoms with van der Waals surface area (Å²) < 4.78 is 10.3. The van der Waals surface area contributed by atoms with Gasteiger partial charge in [-0.1, -0.05) is 0 Å². The van der Waals surface area contributed by atoms with E-state index in [2.05, 4.69) is 5.32 Å². The number of rotatable bonds is 4. The van der Waals surface area contributed by atoms with E-state index in [9.17, 15) is 14.7 Å². The third-order valence-corrected chi connectivity index (χ3v) is 3.17. The molecule has 106 valence electrons. The standard InChI is InChI=1S/C14H15NO5/c1-7(16)11-12(15-14(18)13(11)17)9-5-4-8(19-2)6-10(9)20-3/h4-6,12,17H,1-3H3,(H,15,18)/t12-/m1/s1. The van der Waals surface area contributed by atoms with Gasteiger partial charge in [0, 0.05) is 11.6 Å². The van der Waals surface area contributed by atoms with Crippen LogP contribution in [0.2, 0.25) is 0 Å². The number of methoxy groups -OCH3 is 2. The van der Waals surface area contributed by atoms with E-state index in [4.69, 9.17) is 9.47 Å². The quantitative estimate of drug-likeness (QED) is 0.866. The van der Waals surface area contributed by atoms with Crippen LogP contribution in [0.15, 0.2) is 29.5 Å². The average molecular weight is 277 g/mol. The molecule has 0 saturated carbocycles. The van der Waals surface area contributed by atoms with Crippen LogP contribution in [0.25, 0.3) is 0 Å². The zero-order valence-electron chi connectivity index (χ0n) is 11.4. The predicted molar refractivity (Wildman–Crippen MR) is 70.8 cm³/mol. The highest BCUT2D eigenvalue weighted by Crippen LogP contribution is 2.36. The van der Waals surface area contributed by atoms with Crippen molar-refractivity contribution < 1.29 is 24.2 Å². The van der Waals surface area contributed by atoms with Crippen molar-refractivity contribution in [3.8, 4) is 11.5 Å². The Labute approximate surface area is 116 Å². The maximum Gasteiger partial charge on any atom is 0.287 e. The van der Waals surface area contributed by atoms with Gasteiger partial charge in [-0.3, -0.25) is 9.59 Å². The van der Waals surface area contributed by atoms with Gasteiger partial charge in [-0.05, 0) is 19.1 Å². The number of carbonyl (C=O) groups excluding carboxylic acids is 2. The second-order valence-corrected chi connectivity index (χ2v) is 4.33. The van der Waals surface area contributed by atoms with Gasteiger partial charge in [0.05, 0.1) is 25.8 Å². The molecular weight excluding hydrogens is 262 g/mol.